The molecule has 0 aliphatic carbocycles. The molecule has 160 valence electrons. The molecular weight excluding hydrogens is 394 g/mol. The second-order valence-corrected chi connectivity index (χ2v) is 7.35. The van der Waals surface area contributed by atoms with Gasteiger partial charge in [-0.05, 0) is 60.0 Å². The van der Waals surface area contributed by atoms with Crippen molar-refractivity contribution in [2.24, 2.45) is 0 Å². The van der Waals surface area contributed by atoms with E-state index < -0.39 is 6.04 Å². The number of para-hydroxylation sites is 1. The van der Waals surface area contributed by atoms with Gasteiger partial charge in [-0.2, -0.15) is 0 Å². The molecule has 7 heteroatoms. The van der Waals surface area contributed by atoms with E-state index in [9.17, 15) is 10.0 Å². The molecule has 2 atom stereocenters. The van der Waals surface area contributed by atoms with Crippen molar-refractivity contribution in [1.82, 2.24) is 0 Å². The van der Waals surface area contributed by atoms with Crippen molar-refractivity contribution in [2.45, 2.75) is 25.4 Å². The Morgan fingerprint density at radius 1 is 1.06 bits per heavy atom. The average molecular weight is 418 g/mol. The molecule has 7 nitrogen and oxygen atoms in total. The van der Waals surface area contributed by atoms with Crippen LogP contribution in [0.3, 0.4) is 0 Å². The fourth-order valence-corrected chi connectivity index (χ4v) is 3.94. The molecule has 1 amide bonds. The van der Waals surface area contributed by atoms with E-state index in [4.69, 9.17) is 9.94 Å². The van der Waals surface area contributed by atoms with Crippen molar-refractivity contribution in [3.8, 4) is 5.75 Å². The number of ether oxygens (including phenoxy) is 1. The predicted molar refractivity (Wildman–Crippen MR) is 121 cm³/mol. The van der Waals surface area contributed by atoms with Gasteiger partial charge < -0.3 is 25.4 Å². The molecule has 1 aliphatic rings. The van der Waals surface area contributed by atoms with Gasteiger partial charge in [-0.1, -0.05) is 37.3 Å². The Balaban J connectivity index is 1.68. The standard InChI is InChI=1S/C24H24N3O4/c1-3-16-6-4-5-7-21(16)25-22-23(17-8-14-20(31-2)15-9-17)26(24(22)28)18-10-12-19(13-11-18)27(29)30/h4-15,22-23,25,29H,3H2,1-2H3/q-1. The molecular formula is C24H24N3O4-. The van der Waals surface area contributed by atoms with Gasteiger partial charge in [0.1, 0.15) is 11.8 Å². The summed E-state index contributed by atoms with van der Waals surface area (Å²) >= 11 is 0. The largest absolute Gasteiger partial charge is 0.733 e. The Labute approximate surface area is 181 Å². The molecule has 4 rings (SSSR count). The van der Waals surface area contributed by atoms with Gasteiger partial charge in [0.2, 0.25) is 0 Å². The monoisotopic (exact) mass is 418 g/mol. The van der Waals surface area contributed by atoms with Gasteiger partial charge >= 0.3 is 0 Å². The van der Waals surface area contributed by atoms with E-state index in [1.807, 2.05) is 48.5 Å². The quantitative estimate of drug-likeness (QED) is 0.433. The van der Waals surface area contributed by atoms with Crippen LogP contribution in [0.2, 0.25) is 0 Å². The van der Waals surface area contributed by atoms with Gasteiger partial charge in [0, 0.05) is 11.4 Å². The summed E-state index contributed by atoms with van der Waals surface area (Å²) in [5.41, 5.74) is 3.80. The van der Waals surface area contributed by atoms with Crippen molar-refractivity contribution in [3.05, 3.63) is 89.1 Å². The SMILES string of the molecule is CCc1ccccc1NC1C(=O)N(c2ccc(N([O-])O)cc2)C1c1ccc(OC)cc1. The Morgan fingerprint density at radius 3 is 2.35 bits per heavy atom. The molecule has 31 heavy (non-hydrogen) atoms. The lowest BCUT2D eigenvalue weighted by molar-refractivity contribution is -0.125. The second kappa shape index (κ2) is 8.67. The molecule has 0 bridgehead atoms. The van der Waals surface area contributed by atoms with Gasteiger partial charge in [-0.15, -0.1) is 0 Å². The zero-order valence-corrected chi connectivity index (χ0v) is 17.4. The molecule has 1 saturated heterocycles. The fraction of sp³-hybridized carbons (Fsp3) is 0.208. The molecule has 1 aliphatic heterocycles. The predicted octanol–water partition coefficient (Wildman–Crippen LogP) is 4.52. The molecule has 2 unspecified atom stereocenters. The first-order valence-corrected chi connectivity index (χ1v) is 10.1. The number of carbonyl (C=O) groups excluding carboxylic acids is 1. The number of benzene rings is 3. The summed E-state index contributed by atoms with van der Waals surface area (Å²) in [5.74, 6) is 0.673. The zero-order valence-electron chi connectivity index (χ0n) is 17.4. The van der Waals surface area contributed by atoms with Crippen LogP contribution in [0.15, 0.2) is 72.8 Å². The lowest BCUT2D eigenvalue weighted by Gasteiger charge is -2.48. The molecule has 0 aromatic heterocycles. The Bertz CT molecular complexity index is 1050. The van der Waals surface area contributed by atoms with Gasteiger partial charge in [-0.25, -0.2) is 0 Å². The minimum Gasteiger partial charge on any atom is -0.733 e. The topological polar surface area (TPSA) is 88.1 Å². The number of hydrogen-bond donors (Lipinski definition) is 2. The smallest absolute Gasteiger partial charge is 0.252 e. The minimum atomic E-state index is -0.436. The van der Waals surface area contributed by atoms with Gasteiger partial charge in [0.05, 0.1) is 18.8 Å². The van der Waals surface area contributed by atoms with E-state index in [2.05, 4.69) is 12.2 Å². The number of aryl methyl sites for hydroxylation is 1. The summed E-state index contributed by atoms with van der Waals surface area (Å²) in [6.07, 6.45) is 0.856. The van der Waals surface area contributed by atoms with Crippen LogP contribution in [0.5, 0.6) is 5.75 Å². The van der Waals surface area contributed by atoms with Crippen LogP contribution in [-0.4, -0.2) is 24.3 Å². The normalized spacial score (nSPS) is 17.8. The molecule has 0 spiro atoms. The molecule has 0 radical (unpaired) electrons. The summed E-state index contributed by atoms with van der Waals surface area (Å²) in [6, 6.07) is 21.2. The number of amides is 1. The Kier molecular flexibility index (Phi) is 5.79. The highest BCUT2D eigenvalue weighted by Gasteiger charge is 2.49. The highest BCUT2D eigenvalue weighted by atomic mass is 16.8. The number of β-lactam (4-membered cyclic amide) rings is 1. The van der Waals surface area contributed by atoms with Crippen molar-refractivity contribution >= 4 is 23.0 Å². The Morgan fingerprint density at radius 2 is 1.74 bits per heavy atom. The summed E-state index contributed by atoms with van der Waals surface area (Å²) < 4.78 is 5.27. The summed E-state index contributed by atoms with van der Waals surface area (Å²) in [4.78, 5) is 14.9. The maximum Gasteiger partial charge on any atom is 0.252 e. The van der Waals surface area contributed by atoms with Crippen molar-refractivity contribution in [1.29, 1.82) is 0 Å². The van der Waals surface area contributed by atoms with Crippen LogP contribution in [0.25, 0.3) is 0 Å². The maximum absolute atomic E-state index is 13.2. The molecule has 3 aromatic rings. The lowest BCUT2D eigenvalue weighted by Crippen LogP contribution is -2.62. The van der Waals surface area contributed by atoms with Crippen LogP contribution >= 0.6 is 0 Å². The number of nitrogens with zero attached hydrogens (tertiary/aromatic N) is 2. The van der Waals surface area contributed by atoms with Crippen LogP contribution < -0.4 is 20.2 Å². The first-order valence-electron chi connectivity index (χ1n) is 10.1. The van der Waals surface area contributed by atoms with Crippen LogP contribution in [0, 0.1) is 5.21 Å². The Hall–Kier alpha value is -3.55. The maximum atomic E-state index is 13.2. The number of hydrogen-bond acceptors (Lipinski definition) is 6. The third-order valence-corrected chi connectivity index (χ3v) is 5.61. The van der Waals surface area contributed by atoms with E-state index in [0.29, 0.717) is 5.69 Å². The van der Waals surface area contributed by atoms with Crippen molar-refractivity contribution < 1.29 is 14.7 Å². The fourth-order valence-electron chi connectivity index (χ4n) is 3.94. The summed E-state index contributed by atoms with van der Waals surface area (Å²) in [5, 5.41) is 23.4. The van der Waals surface area contributed by atoms with Gasteiger partial charge in [-0.3, -0.25) is 10.0 Å². The molecule has 1 fully saturated rings. The molecule has 3 aromatic carbocycles. The van der Waals surface area contributed by atoms with Crippen molar-refractivity contribution in [3.63, 3.8) is 0 Å². The van der Waals surface area contributed by atoms with E-state index in [1.54, 1.807) is 24.1 Å². The number of rotatable bonds is 7. The highest BCUT2D eigenvalue weighted by Crippen LogP contribution is 2.41. The average Bonchev–Trinajstić information content (AvgIpc) is 2.81. The number of anilines is 3. The number of carbonyl (C=O) groups is 1. The third kappa shape index (κ3) is 3.93. The van der Waals surface area contributed by atoms with Crippen LogP contribution in [0.4, 0.5) is 17.1 Å². The van der Waals surface area contributed by atoms with Crippen LogP contribution in [0.1, 0.15) is 24.1 Å². The number of methoxy groups -OCH3 is 1. The molecule has 1 heterocycles. The molecule has 0 saturated carbocycles. The van der Waals surface area contributed by atoms with Gasteiger partial charge in [0.15, 0.2) is 0 Å². The summed E-state index contributed by atoms with van der Waals surface area (Å²) in [6.45, 7) is 2.08. The van der Waals surface area contributed by atoms with E-state index in [-0.39, 0.29) is 22.9 Å². The number of nitrogens with one attached hydrogen (secondary N) is 1. The first-order chi connectivity index (χ1) is 15.0. The van der Waals surface area contributed by atoms with E-state index >= 15 is 0 Å². The lowest BCUT2D eigenvalue weighted by atomic mass is 9.87. The zero-order chi connectivity index (χ0) is 22.0. The first kappa shape index (κ1) is 20.7. The third-order valence-electron chi connectivity index (χ3n) is 5.61. The summed E-state index contributed by atoms with van der Waals surface area (Å²) in [7, 11) is 1.61. The van der Waals surface area contributed by atoms with E-state index in [0.717, 1.165) is 29.0 Å². The van der Waals surface area contributed by atoms with Crippen molar-refractivity contribution in [2.75, 3.05) is 22.6 Å². The highest BCUT2D eigenvalue weighted by molar-refractivity contribution is 6.07. The minimum absolute atomic E-state index is 0.0672. The molecule has 2 N–H and O–H groups in total. The second-order valence-electron chi connectivity index (χ2n) is 7.35. The van der Waals surface area contributed by atoms with Gasteiger partial charge in [0.25, 0.3) is 5.91 Å². The van der Waals surface area contributed by atoms with Crippen LogP contribution in [-0.2, 0) is 11.2 Å². The van der Waals surface area contributed by atoms with E-state index in [1.165, 1.54) is 12.1 Å².